The molecule has 1 N–H and O–H groups in total. The van der Waals surface area contributed by atoms with Gasteiger partial charge in [0.15, 0.2) is 0 Å². The van der Waals surface area contributed by atoms with Crippen LogP contribution in [0.25, 0.3) is 11.4 Å². The van der Waals surface area contributed by atoms with Crippen molar-refractivity contribution in [2.24, 2.45) is 5.92 Å². The van der Waals surface area contributed by atoms with E-state index in [1.807, 2.05) is 24.3 Å². The van der Waals surface area contributed by atoms with Crippen LogP contribution in [0.3, 0.4) is 0 Å². The van der Waals surface area contributed by atoms with Crippen molar-refractivity contribution in [2.75, 3.05) is 18.0 Å². The fraction of sp³-hybridized carbons (Fsp3) is 0.435. The van der Waals surface area contributed by atoms with Gasteiger partial charge in [-0.25, -0.2) is 4.98 Å². The number of carbonyl (C=O) groups is 1. The van der Waals surface area contributed by atoms with Gasteiger partial charge in [0, 0.05) is 44.1 Å². The third-order valence-corrected chi connectivity index (χ3v) is 6.20. The molecule has 0 bridgehead atoms. The zero-order chi connectivity index (χ0) is 21.0. The first kappa shape index (κ1) is 19.7. The molecule has 0 spiro atoms. The Hall–Kier alpha value is -3.29. The number of nitrogens with zero attached hydrogens (tertiary/aromatic N) is 5. The fourth-order valence-corrected chi connectivity index (χ4v) is 4.21. The highest BCUT2D eigenvalue weighted by atomic mass is 16.5. The van der Waals surface area contributed by atoms with Crippen molar-refractivity contribution in [1.29, 1.82) is 0 Å². The summed E-state index contributed by atoms with van der Waals surface area (Å²) in [7, 11) is 0. The maximum Gasteiger partial charge on any atom is 0.230 e. The van der Waals surface area contributed by atoms with Gasteiger partial charge in [-0.15, -0.1) is 0 Å². The number of amides is 1. The third-order valence-electron chi connectivity index (χ3n) is 6.20. The number of hydrogen-bond donors (Lipinski definition) is 1. The maximum absolute atomic E-state index is 12.8. The number of carbonyl (C=O) groups excluding carboxylic acids is 1. The molecule has 4 heterocycles. The lowest BCUT2D eigenvalue weighted by Gasteiger charge is -2.33. The summed E-state index contributed by atoms with van der Waals surface area (Å²) in [6, 6.07) is 7.70. The van der Waals surface area contributed by atoms with Crippen LogP contribution in [0.2, 0.25) is 0 Å². The average Bonchev–Trinajstić information content (AvgIpc) is 3.26. The van der Waals surface area contributed by atoms with Gasteiger partial charge in [0.25, 0.3) is 0 Å². The van der Waals surface area contributed by atoms with E-state index in [-0.39, 0.29) is 11.8 Å². The molecular formula is C23H26N6O2. The topological polar surface area (TPSA) is 97.0 Å². The summed E-state index contributed by atoms with van der Waals surface area (Å²) in [5.41, 5.74) is 1.85. The van der Waals surface area contributed by atoms with Crippen LogP contribution >= 0.6 is 0 Å². The van der Waals surface area contributed by atoms with Crippen molar-refractivity contribution in [2.45, 2.75) is 44.6 Å². The molecule has 8 nitrogen and oxygen atoms in total. The summed E-state index contributed by atoms with van der Waals surface area (Å²) in [6.07, 6.45) is 10.5. The summed E-state index contributed by atoms with van der Waals surface area (Å²) in [5, 5.41) is 7.27. The van der Waals surface area contributed by atoms with Crippen LogP contribution in [0, 0.1) is 5.92 Å². The molecule has 0 aromatic carbocycles. The predicted molar refractivity (Wildman–Crippen MR) is 115 cm³/mol. The molecule has 1 aliphatic heterocycles. The molecule has 2 fully saturated rings. The number of nitrogens with one attached hydrogen (secondary N) is 1. The quantitative estimate of drug-likeness (QED) is 0.656. The Morgan fingerprint density at radius 1 is 1.16 bits per heavy atom. The Morgan fingerprint density at radius 3 is 2.87 bits per heavy atom. The van der Waals surface area contributed by atoms with Gasteiger partial charge in [0.05, 0.1) is 11.5 Å². The Bertz CT molecular complexity index is 1030. The number of anilines is 1. The lowest BCUT2D eigenvalue weighted by Crippen LogP contribution is -2.43. The van der Waals surface area contributed by atoms with Crippen molar-refractivity contribution in [3.8, 4) is 11.4 Å². The van der Waals surface area contributed by atoms with E-state index >= 15 is 0 Å². The number of piperidine rings is 1. The molecule has 0 radical (unpaired) electrons. The molecule has 5 rings (SSSR count). The second-order valence-corrected chi connectivity index (χ2v) is 8.32. The summed E-state index contributed by atoms with van der Waals surface area (Å²) >= 11 is 0. The molecule has 31 heavy (non-hydrogen) atoms. The van der Waals surface area contributed by atoms with Crippen LogP contribution in [-0.2, 0) is 11.3 Å². The van der Waals surface area contributed by atoms with Gasteiger partial charge in [0.2, 0.25) is 17.6 Å². The molecule has 160 valence electrons. The second kappa shape index (κ2) is 8.83. The molecule has 1 amide bonds. The van der Waals surface area contributed by atoms with Gasteiger partial charge < -0.3 is 14.7 Å². The van der Waals surface area contributed by atoms with Crippen LogP contribution in [0.15, 0.2) is 47.4 Å². The minimum Gasteiger partial charge on any atom is -0.355 e. The summed E-state index contributed by atoms with van der Waals surface area (Å²) in [5.74, 6) is 2.49. The first-order valence-electron chi connectivity index (χ1n) is 11.0. The number of rotatable bonds is 6. The Balaban J connectivity index is 1.29. The van der Waals surface area contributed by atoms with Gasteiger partial charge in [-0.2, -0.15) is 4.98 Å². The van der Waals surface area contributed by atoms with Crippen molar-refractivity contribution < 1.29 is 9.32 Å². The highest BCUT2D eigenvalue weighted by Crippen LogP contribution is 2.37. The second-order valence-electron chi connectivity index (χ2n) is 8.32. The van der Waals surface area contributed by atoms with Gasteiger partial charge in [-0.3, -0.25) is 9.78 Å². The van der Waals surface area contributed by atoms with Crippen molar-refractivity contribution in [1.82, 2.24) is 25.4 Å². The van der Waals surface area contributed by atoms with Crippen molar-refractivity contribution in [3.63, 3.8) is 0 Å². The van der Waals surface area contributed by atoms with E-state index in [4.69, 9.17) is 4.52 Å². The van der Waals surface area contributed by atoms with Crippen molar-refractivity contribution in [3.05, 3.63) is 54.3 Å². The summed E-state index contributed by atoms with van der Waals surface area (Å²) in [6.45, 7) is 1.96. The highest BCUT2D eigenvalue weighted by molar-refractivity contribution is 5.80. The van der Waals surface area contributed by atoms with Crippen LogP contribution in [0.1, 0.15) is 49.5 Å². The first-order chi connectivity index (χ1) is 15.3. The van der Waals surface area contributed by atoms with E-state index < -0.39 is 0 Å². The normalized spacial score (nSPS) is 19.1. The average molecular weight is 419 g/mol. The molecule has 1 unspecified atom stereocenters. The van der Waals surface area contributed by atoms with E-state index in [9.17, 15) is 4.79 Å². The Morgan fingerprint density at radius 2 is 2.06 bits per heavy atom. The summed E-state index contributed by atoms with van der Waals surface area (Å²) in [4.78, 5) is 28.3. The number of aromatic nitrogens is 4. The van der Waals surface area contributed by atoms with Gasteiger partial charge in [-0.1, -0.05) is 17.6 Å². The number of pyridine rings is 2. The highest BCUT2D eigenvalue weighted by Gasteiger charge is 2.30. The molecule has 2 aliphatic rings. The standard InChI is InChI=1S/C23H26N6O2/c30-22(26-14-16-5-2-10-24-13-16)18-8-4-12-29(15-18)21-19(9-3-11-25-21)20-27-23(31-28-20)17-6-1-7-17/h2-3,5,9-11,13,17-18H,1,4,6-8,12,14-15H2,(H,26,30). The fourth-order valence-electron chi connectivity index (χ4n) is 4.21. The van der Waals surface area contributed by atoms with Gasteiger partial charge >= 0.3 is 0 Å². The first-order valence-corrected chi connectivity index (χ1v) is 11.0. The Labute approximate surface area is 181 Å². The van der Waals surface area contributed by atoms with E-state index in [1.54, 1.807) is 18.6 Å². The Kier molecular flexibility index (Phi) is 5.60. The molecule has 3 aromatic rings. The van der Waals surface area contributed by atoms with Crippen molar-refractivity contribution >= 4 is 11.7 Å². The molecule has 1 atom stereocenters. The van der Waals surface area contributed by atoms with E-state index in [1.165, 1.54) is 6.42 Å². The molecule has 1 saturated carbocycles. The van der Waals surface area contributed by atoms with Gasteiger partial charge in [0.1, 0.15) is 5.82 Å². The SMILES string of the molecule is O=C(NCc1cccnc1)C1CCCN(c2ncccc2-c2noc(C3CCC3)n2)C1. The number of hydrogen-bond acceptors (Lipinski definition) is 7. The molecule has 1 saturated heterocycles. The van der Waals surface area contributed by atoms with E-state index in [2.05, 4.69) is 30.3 Å². The zero-order valence-electron chi connectivity index (χ0n) is 17.4. The lowest BCUT2D eigenvalue weighted by atomic mass is 9.85. The minimum absolute atomic E-state index is 0.0675. The molecule has 1 aliphatic carbocycles. The zero-order valence-corrected chi connectivity index (χ0v) is 17.4. The molecular weight excluding hydrogens is 392 g/mol. The van der Waals surface area contributed by atoms with Crippen LogP contribution in [0.4, 0.5) is 5.82 Å². The smallest absolute Gasteiger partial charge is 0.230 e. The van der Waals surface area contributed by atoms with Crippen LogP contribution in [0.5, 0.6) is 0 Å². The van der Waals surface area contributed by atoms with E-state index in [0.29, 0.717) is 24.8 Å². The largest absolute Gasteiger partial charge is 0.355 e. The predicted octanol–water partition coefficient (Wildman–Crippen LogP) is 3.33. The van der Waals surface area contributed by atoms with E-state index in [0.717, 1.165) is 55.1 Å². The lowest BCUT2D eigenvalue weighted by molar-refractivity contribution is -0.125. The monoisotopic (exact) mass is 418 g/mol. The third kappa shape index (κ3) is 4.28. The van der Waals surface area contributed by atoms with Gasteiger partial charge in [-0.05, 0) is 49.4 Å². The molecule has 8 heteroatoms. The van der Waals surface area contributed by atoms with Crippen LogP contribution < -0.4 is 10.2 Å². The summed E-state index contributed by atoms with van der Waals surface area (Å²) < 4.78 is 5.52. The minimum atomic E-state index is -0.0870. The molecule has 3 aromatic heterocycles. The van der Waals surface area contributed by atoms with Crippen LogP contribution in [-0.4, -0.2) is 39.1 Å². The maximum atomic E-state index is 12.8.